The molecule has 1 N–H and O–H groups in total. The number of carbonyl (C=O) groups is 1. The summed E-state index contributed by atoms with van der Waals surface area (Å²) in [5, 5.41) is 9.33. The number of rotatable bonds is 5. The van der Waals surface area contributed by atoms with Gasteiger partial charge in [-0.3, -0.25) is 4.79 Å². The smallest absolute Gasteiger partial charge is 0.311 e. The molecule has 1 unspecified atom stereocenters. The number of halogens is 1. The molecule has 0 aliphatic rings. The number of methoxy groups -OCH3 is 1. The number of carboxylic acids is 1. The normalized spacial score (nSPS) is 11.9. The van der Waals surface area contributed by atoms with Crippen LogP contribution in [-0.2, 0) is 11.2 Å². The largest absolute Gasteiger partial charge is 0.497 e. The zero-order valence-electron chi connectivity index (χ0n) is 11.0. The highest BCUT2D eigenvalue weighted by atomic mass is 19.1. The zero-order valence-corrected chi connectivity index (χ0v) is 11.0. The van der Waals surface area contributed by atoms with E-state index in [2.05, 4.69) is 0 Å². The number of carboxylic acid groups (broad SMARTS) is 1. The molecule has 0 aliphatic heterocycles. The molecule has 0 amide bonds. The van der Waals surface area contributed by atoms with Crippen LogP contribution in [0.1, 0.15) is 17.0 Å². The van der Waals surface area contributed by atoms with E-state index in [1.807, 2.05) is 6.07 Å². The second-order valence-corrected chi connectivity index (χ2v) is 4.46. The molecule has 1 atom stereocenters. The molecule has 4 heteroatoms. The summed E-state index contributed by atoms with van der Waals surface area (Å²) in [7, 11) is 1.46. The van der Waals surface area contributed by atoms with Crippen molar-refractivity contribution in [2.45, 2.75) is 12.3 Å². The second-order valence-electron chi connectivity index (χ2n) is 4.46. The van der Waals surface area contributed by atoms with Gasteiger partial charge in [-0.15, -0.1) is 0 Å². The van der Waals surface area contributed by atoms with Gasteiger partial charge in [0.25, 0.3) is 0 Å². The van der Waals surface area contributed by atoms with Crippen LogP contribution in [0.3, 0.4) is 0 Å². The molecule has 0 bridgehead atoms. The molecule has 0 heterocycles. The minimum absolute atomic E-state index is 0.106. The number of aliphatic carboxylic acids is 1. The third-order valence-corrected chi connectivity index (χ3v) is 3.18. The lowest BCUT2D eigenvalue weighted by atomic mass is 9.92. The summed E-state index contributed by atoms with van der Waals surface area (Å²) in [4.78, 5) is 11.4. The van der Waals surface area contributed by atoms with Gasteiger partial charge < -0.3 is 9.84 Å². The van der Waals surface area contributed by atoms with Crippen LogP contribution in [0.4, 0.5) is 4.39 Å². The molecule has 0 aromatic heterocycles. The van der Waals surface area contributed by atoms with E-state index in [0.29, 0.717) is 16.9 Å². The predicted octanol–water partition coefficient (Wildman–Crippen LogP) is 3.25. The topological polar surface area (TPSA) is 46.5 Å². The number of hydrogen-bond donors (Lipinski definition) is 1. The fourth-order valence-electron chi connectivity index (χ4n) is 2.07. The monoisotopic (exact) mass is 274 g/mol. The molecule has 0 aliphatic carbocycles. The van der Waals surface area contributed by atoms with Crippen LogP contribution in [-0.4, -0.2) is 18.2 Å². The van der Waals surface area contributed by atoms with E-state index in [0.717, 1.165) is 0 Å². The van der Waals surface area contributed by atoms with E-state index in [4.69, 9.17) is 4.74 Å². The summed E-state index contributed by atoms with van der Waals surface area (Å²) in [5.41, 5.74) is 1.03. The molecule has 2 aromatic rings. The van der Waals surface area contributed by atoms with Crippen LogP contribution >= 0.6 is 0 Å². The number of benzene rings is 2. The zero-order chi connectivity index (χ0) is 14.5. The lowest BCUT2D eigenvalue weighted by molar-refractivity contribution is -0.138. The van der Waals surface area contributed by atoms with Gasteiger partial charge in [0, 0.05) is 6.07 Å². The Morgan fingerprint density at radius 2 is 1.95 bits per heavy atom. The van der Waals surface area contributed by atoms with Crippen molar-refractivity contribution in [3.8, 4) is 5.75 Å². The van der Waals surface area contributed by atoms with E-state index in [9.17, 15) is 14.3 Å². The molecule has 3 nitrogen and oxygen atoms in total. The lowest BCUT2D eigenvalue weighted by Crippen LogP contribution is -2.15. The standard InChI is InChI=1S/C16H15FO3/c1-20-13-8-7-12(15(17)10-13)9-14(16(18)19)11-5-3-2-4-6-11/h2-8,10,14H,9H2,1H3,(H,18,19). The highest BCUT2D eigenvalue weighted by molar-refractivity contribution is 5.76. The summed E-state index contributed by atoms with van der Waals surface area (Å²) in [5.74, 6) is -1.77. The third-order valence-electron chi connectivity index (χ3n) is 3.18. The van der Waals surface area contributed by atoms with E-state index in [1.54, 1.807) is 36.4 Å². The molecule has 0 saturated carbocycles. The minimum atomic E-state index is -0.966. The van der Waals surface area contributed by atoms with Gasteiger partial charge in [0.05, 0.1) is 13.0 Å². The van der Waals surface area contributed by atoms with Crippen molar-refractivity contribution in [2.75, 3.05) is 7.11 Å². The summed E-state index contributed by atoms with van der Waals surface area (Å²) in [6.07, 6.45) is 0.106. The molecule has 0 saturated heterocycles. The molecule has 2 aromatic carbocycles. The molecule has 0 radical (unpaired) electrons. The molecular formula is C16H15FO3. The van der Waals surface area contributed by atoms with Crippen LogP contribution in [0.5, 0.6) is 5.75 Å². The molecule has 2 rings (SSSR count). The highest BCUT2D eigenvalue weighted by Crippen LogP contribution is 2.24. The summed E-state index contributed by atoms with van der Waals surface area (Å²) < 4.78 is 18.8. The molecular weight excluding hydrogens is 259 g/mol. The minimum Gasteiger partial charge on any atom is -0.497 e. The fraction of sp³-hybridized carbons (Fsp3) is 0.188. The van der Waals surface area contributed by atoms with Crippen LogP contribution in [0.2, 0.25) is 0 Å². The number of ether oxygens (including phenoxy) is 1. The van der Waals surface area contributed by atoms with Gasteiger partial charge >= 0.3 is 5.97 Å². The van der Waals surface area contributed by atoms with E-state index in [1.165, 1.54) is 13.2 Å². The van der Waals surface area contributed by atoms with Gasteiger partial charge in [0.1, 0.15) is 11.6 Å². The maximum absolute atomic E-state index is 13.9. The molecule has 0 fully saturated rings. The Balaban J connectivity index is 2.28. The van der Waals surface area contributed by atoms with Gasteiger partial charge in [0.2, 0.25) is 0 Å². The molecule has 20 heavy (non-hydrogen) atoms. The molecule has 0 spiro atoms. The summed E-state index contributed by atoms with van der Waals surface area (Å²) in [6, 6.07) is 13.3. The van der Waals surface area contributed by atoms with Gasteiger partial charge in [-0.25, -0.2) is 4.39 Å². The van der Waals surface area contributed by atoms with E-state index in [-0.39, 0.29) is 6.42 Å². The lowest BCUT2D eigenvalue weighted by Gasteiger charge is -2.13. The van der Waals surface area contributed by atoms with Gasteiger partial charge in [-0.1, -0.05) is 36.4 Å². The van der Waals surface area contributed by atoms with E-state index >= 15 is 0 Å². The van der Waals surface area contributed by atoms with Crippen molar-refractivity contribution < 1.29 is 19.0 Å². The average Bonchev–Trinajstić information content (AvgIpc) is 2.46. The first-order valence-electron chi connectivity index (χ1n) is 6.22. The Bertz CT molecular complexity index is 596. The van der Waals surface area contributed by atoms with E-state index < -0.39 is 17.7 Å². The van der Waals surface area contributed by atoms with Gasteiger partial charge in [-0.05, 0) is 23.6 Å². The van der Waals surface area contributed by atoms with Gasteiger partial charge in [0.15, 0.2) is 0 Å². The maximum atomic E-state index is 13.9. The third kappa shape index (κ3) is 3.15. The quantitative estimate of drug-likeness (QED) is 0.910. The Morgan fingerprint density at radius 1 is 1.25 bits per heavy atom. The van der Waals surface area contributed by atoms with Crippen LogP contribution in [0.25, 0.3) is 0 Å². The second kappa shape index (κ2) is 6.19. The van der Waals surface area contributed by atoms with Crippen molar-refractivity contribution in [3.63, 3.8) is 0 Å². The highest BCUT2D eigenvalue weighted by Gasteiger charge is 2.21. The van der Waals surface area contributed by atoms with Crippen molar-refractivity contribution in [3.05, 3.63) is 65.5 Å². The van der Waals surface area contributed by atoms with Crippen molar-refractivity contribution in [1.82, 2.24) is 0 Å². The number of hydrogen-bond acceptors (Lipinski definition) is 2. The van der Waals surface area contributed by atoms with Crippen molar-refractivity contribution >= 4 is 5.97 Å². The van der Waals surface area contributed by atoms with Crippen molar-refractivity contribution in [1.29, 1.82) is 0 Å². The fourth-order valence-corrected chi connectivity index (χ4v) is 2.07. The van der Waals surface area contributed by atoms with Crippen molar-refractivity contribution in [2.24, 2.45) is 0 Å². The van der Waals surface area contributed by atoms with Crippen LogP contribution in [0, 0.1) is 5.82 Å². The maximum Gasteiger partial charge on any atom is 0.311 e. The first-order valence-corrected chi connectivity index (χ1v) is 6.22. The first kappa shape index (κ1) is 14.1. The van der Waals surface area contributed by atoms with Crippen LogP contribution in [0.15, 0.2) is 48.5 Å². The summed E-state index contributed by atoms with van der Waals surface area (Å²) in [6.45, 7) is 0. The first-order chi connectivity index (χ1) is 9.61. The SMILES string of the molecule is COc1ccc(CC(C(=O)O)c2ccccc2)c(F)c1. The Kier molecular flexibility index (Phi) is 4.35. The van der Waals surface area contributed by atoms with Gasteiger partial charge in [-0.2, -0.15) is 0 Å². The predicted molar refractivity (Wildman–Crippen MR) is 73.5 cm³/mol. The Labute approximate surface area is 116 Å². The Hall–Kier alpha value is -2.36. The Morgan fingerprint density at radius 3 is 2.50 bits per heavy atom. The van der Waals surface area contributed by atoms with Crippen LogP contribution < -0.4 is 4.74 Å². The molecule has 104 valence electrons. The summed E-state index contributed by atoms with van der Waals surface area (Å²) >= 11 is 0. The average molecular weight is 274 g/mol.